The number of aromatic nitrogens is 2. The van der Waals surface area contributed by atoms with Crippen LogP contribution in [0.1, 0.15) is 43.9 Å². The Morgan fingerprint density at radius 1 is 1.25 bits per heavy atom. The van der Waals surface area contributed by atoms with Crippen molar-refractivity contribution < 1.29 is 9.53 Å². The molecule has 1 aliphatic carbocycles. The van der Waals surface area contributed by atoms with Crippen LogP contribution in [0.2, 0.25) is 0 Å². The van der Waals surface area contributed by atoms with Crippen molar-refractivity contribution in [3.05, 3.63) is 47.5 Å². The molecule has 1 aromatic heterocycles. The van der Waals surface area contributed by atoms with Gasteiger partial charge >= 0.3 is 0 Å². The number of ether oxygens (including phenoxy) is 1. The van der Waals surface area contributed by atoms with E-state index in [1.54, 1.807) is 11.3 Å². The van der Waals surface area contributed by atoms with Gasteiger partial charge in [-0.2, -0.15) is 0 Å². The fourth-order valence-corrected chi connectivity index (χ4v) is 5.01. The summed E-state index contributed by atoms with van der Waals surface area (Å²) in [5, 5.41) is 17.0. The van der Waals surface area contributed by atoms with Crippen LogP contribution in [-0.4, -0.2) is 35.8 Å². The van der Waals surface area contributed by atoms with Crippen LogP contribution in [0.5, 0.6) is 5.75 Å². The minimum absolute atomic E-state index is 0.000881. The van der Waals surface area contributed by atoms with Crippen LogP contribution in [-0.2, 0) is 11.2 Å². The van der Waals surface area contributed by atoms with E-state index in [0.717, 1.165) is 57.4 Å². The topological polar surface area (TPSA) is 102 Å². The zero-order valence-electron chi connectivity index (χ0n) is 18.6. The first-order valence-electron chi connectivity index (χ1n) is 10.9. The second kappa shape index (κ2) is 9.67. The number of carbonyl (C=O) groups excluding carboxylic acids is 1. The average Bonchev–Trinajstić information content (AvgIpc) is 3.29. The lowest BCUT2D eigenvalue weighted by Gasteiger charge is -2.27. The Morgan fingerprint density at radius 2 is 2.06 bits per heavy atom. The first kappa shape index (κ1) is 22.2. The maximum atomic E-state index is 11.9. The summed E-state index contributed by atoms with van der Waals surface area (Å²) < 4.78 is 5.88. The highest BCUT2D eigenvalue weighted by Gasteiger charge is 2.25. The molecular weight excluding hydrogens is 422 g/mol. The molecule has 1 amide bonds. The molecule has 7 nitrogen and oxygen atoms in total. The zero-order valence-corrected chi connectivity index (χ0v) is 19.5. The maximum Gasteiger partial charge on any atom is 0.234 e. The molecule has 8 heteroatoms. The molecule has 4 N–H and O–H groups in total. The summed E-state index contributed by atoms with van der Waals surface area (Å²) in [5.74, 6) is 0.690. The van der Waals surface area contributed by atoms with E-state index in [9.17, 15) is 4.79 Å². The summed E-state index contributed by atoms with van der Waals surface area (Å²) >= 11 is 1.57. The van der Waals surface area contributed by atoms with E-state index in [1.807, 2.05) is 45.2 Å². The molecule has 0 bridgehead atoms. The van der Waals surface area contributed by atoms with E-state index < -0.39 is 0 Å². The third kappa shape index (κ3) is 4.61. The second-order valence-electron chi connectivity index (χ2n) is 8.13. The zero-order chi connectivity index (χ0) is 22.7. The third-order valence-corrected chi connectivity index (χ3v) is 6.55. The Labute approximate surface area is 192 Å². The second-order valence-corrected chi connectivity index (χ2v) is 9.11. The van der Waals surface area contributed by atoms with Crippen LogP contribution in [0.15, 0.2) is 36.4 Å². The van der Waals surface area contributed by atoms with Crippen LogP contribution < -0.4 is 21.1 Å². The van der Waals surface area contributed by atoms with Crippen LogP contribution in [0, 0.1) is 0 Å². The molecule has 168 valence electrons. The lowest BCUT2D eigenvalue weighted by molar-refractivity contribution is -0.120. The van der Waals surface area contributed by atoms with Crippen molar-refractivity contribution in [2.45, 2.75) is 45.3 Å². The molecule has 2 aromatic carbocycles. The molecule has 1 atom stereocenters. The van der Waals surface area contributed by atoms with Gasteiger partial charge in [-0.15, -0.1) is 10.2 Å². The lowest BCUT2D eigenvalue weighted by Crippen LogP contribution is -2.35. The number of fused-ring (bicyclic) bond motifs is 1. The number of nitrogens with zero attached hydrogens (tertiary/aromatic N) is 2. The number of benzene rings is 2. The highest BCUT2D eigenvalue weighted by Crippen LogP contribution is 2.39. The Balaban J connectivity index is 1.65. The van der Waals surface area contributed by atoms with Gasteiger partial charge in [0.1, 0.15) is 15.8 Å². The molecule has 3 aromatic rings. The van der Waals surface area contributed by atoms with Gasteiger partial charge < -0.3 is 21.1 Å². The highest BCUT2D eigenvalue weighted by atomic mass is 32.1. The average molecular weight is 452 g/mol. The molecule has 1 heterocycles. The van der Waals surface area contributed by atoms with Gasteiger partial charge in [0.2, 0.25) is 5.91 Å². The maximum absolute atomic E-state index is 11.9. The highest BCUT2D eigenvalue weighted by molar-refractivity contribution is 7.17. The van der Waals surface area contributed by atoms with Crippen LogP contribution in [0.3, 0.4) is 0 Å². The Kier molecular flexibility index (Phi) is 6.72. The van der Waals surface area contributed by atoms with E-state index in [0.29, 0.717) is 0 Å². The normalized spacial score (nSPS) is 15.3. The van der Waals surface area contributed by atoms with Crippen LogP contribution >= 0.6 is 11.3 Å². The van der Waals surface area contributed by atoms with Crippen molar-refractivity contribution in [3.8, 4) is 26.9 Å². The first-order valence-corrected chi connectivity index (χ1v) is 11.8. The molecule has 32 heavy (non-hydrogen) atoms. The van der Waals surface area contributed by atoms with Crippen LogP contribution in [0.25, 0.3) is 21.1 Å². The molecule has 0 unspecified atom stereocenters. The predicted molar refractivity (Wildman–Crippen MR) is 129 cm³/mol. The summed E-state index contributed by atoms with van der Waals surface area (Å²) in [6.45, 7) is 4.02. The Bertz CT molecular complexity index is 1110. The standard InChI is InChI=1S/C24H29N5O2S/c1-14(2)31-21-11-10-15(12-20(21)26-3)23-28-29-24(32-23)18-8-4-7-17-16(18)6-5-9-19(17)27-22(30)13-25/h4,7-8,10-12,14,19,26H,5-6,9,13,25H2,1-3H3,(H,27,30)/t19-/m1/s1. The molecular formula is C24H29N5O2S. The minimum Gasteiger partial charge on any atom is -0.489 e. The van der Waals surface area contributed by atoms with E-state index in [4.69, 9.17) is 10.5 Å². The van der Waals surface area contributed by atoms with Gasteiger partial charge in [0.15, 0.2) is 0 Å². The van der Waals surface area contributed by atoms with E-state index in [1.165, 1.54) is 5.56 Å². The van der Waals surface area contributed by atoms with E-state index in [2.05, 4.69) is 33.0 Å². The smallest absolute Gasteiger partial charge is 0.234 e. The number of hydrogen-bond acceptors (Lipinski definition) is 7. The number of carbonyl (C=O) groups is 1. The van der Waals surface area contributed by atoms with Gasteiger partial charge in [-0.25, -0.2) is 0 Å². The van der Waals surface area contributed by atoms with Crippen molar-refractivity contribution in [1.29, 1.82) is 0 Å². The molecule has 1 aliphatic rings. The number of hydrogen-bond donors (Lipinski definition) is 3. The van der Waals surface area contributed by atoms with Crippen molar-refractivity contribution >= 4 is 22.9 Å². The van der Waals surface area contributed by atoms with E-state index in [-0.39, 0.29) is 24.6 Å². The number of amides is 1. The SMILES string of the molecule is CNc1cc(-c2nnc(-c3cccc4c3CCC[C@H]4NC(=O)CN)s2)ccc1OC(C)C. The molecule has 0 saturated heterocycles. The number of rotatable bonds is 7. The van der Waals surface area contributed by atoms with Crippen molar-refractivity contribution in [1.82, 2.24) is 15.5 Å². The summed E-state index contributed by atoms with van der Waals surface area (Å²) in [4.78, 5) is 11.9. The molecule has 4 rings (SSSR count). The Morgan fingerprint density at radius 3 is 2.81 bits per heavy atom. The summed E-state index contributed by atoms with van der Waals surface area (Å²) in [6, 6.07) is 12.2. The number of anilines is 1. The van der Waals surface area contributed by atoms with Gasteiger partial charge in [-0.1, -0.05) is 29.5 Å². The monoisotopic (exact) mass is 451 g/mol. The number of nitrogens with two attached hydrogens (primary N) is 1. The summed E-state index contributed by atoms with van der Waals surface area (Å²) in [7, 11) is 1.88. The third-order valence-electron chi connectivity index (χ3n) is 5.54. The summed E-state index contributed by atoms with van der Waals surface area (Å²) in [5.41, 5.74) is 10.9. The fraction of sp³-hybridized carbons (Fsp3) is 0.375. The molecule has 0 saturated carbocycles. The number of nitrogens with one attached hydrogen (secondary N) is 2. The lowest BCUT2D eigenvalue weighted by atomic mass is 9.85. The fourth-order valence-electron chi connectivity index (χ4n) is 4.12. The summed E-state index contributed by atoms with van der Waals surface area (Å²) in [6.07, 6.45) is 2.99. The van der Waals surface area contributed by atoms with Gasteiger partial charge in [0.25, 0.3) is 0 Å². The van der Waals surface area contributed by atoms with Gasteiger partial charge in [0.05, 0.1) is 24.4 Å². The minimum atomic E-state index is -0.128. The largest absolute Gasteiger partial charge is 0.489 e. The van der Waals surface area contributed by atoms with Gasteiger partial charge in [-0.3, -0.25) is 4.79 Å². The van der Waals surface area contributed by atoms with Gasteiger partial charge in [-0.05, 0) is 62.4 Å². The molecule has 0 radical (unpaired) electrons. The molecule has 0 aliphatic heterocycles. The quantitative estimate of drug-likeness (QED) is 0.499. The van der Waals surface area contributed by atoms with Crippen molar-refractivity contribution in [2.75, 3.05) is 18.9 Å². The van der Waals surface area contributed by atoms with E-state index >= 15 is 0 Å². The molecule has 0 spiro atoms. The Hall–Kier alpha value is -2.97. The first-order chi connectivity index (χ1) is 15.5. The molecule has 0 fully saturated rings. The van der Waals surface area contributed by atoms with Gasteiger partial charge in [0, 0.05) is 18.2 Å². The predicted octanol–water partition coefficient (Wildman–Crippen LogP) is 4.15. The van der Waals surface area contributed by atoms with Crippen molar-refractivity contribution in [2.24, 2.45) is 5.73 Å². The van der Waals surface area contributed by atoms with Crippen molar-refractivity contribution in [3.63, 3.8) is 0 Å². The van der Waals surface area contributed by atoms with Crippen LogP contribution in [0.4, 0.5) is 5.69 Å².